The van der Waals surface area contributed by atoms with Gasteiger partial charge >= 0.3 is 12.1 Å². The summed E-state index contributed by atoms with van der Waals surface area (Å²) < 4.78 is 41.9. The minimum atomic E-state index is -4.98. The summed E-state index contributed by atoms with van der Waals surface area (Å²) in [4.78, 5) is 15.2. The molecule has 7 heteroatoms. The third-order valence-corrected chi connectivity index (χ3v) is 2.94. The van der Waals surface area contributed by atoms with Gasteiger partial charge in [-0.25, -0.2) is 4.79 Å². The molecule has 0 aromatic heterocycles. The smallest absolute Gasteiger partial charge is 0.492 e. The van der Waals surface area contributed by atoms with Crippen LogP contribution in [0.1, 0.15) is 12.8 Å². The Morgan fingerprint density at radius 1 is 1.30 bits per heavy atom. The van der Waals surface area contributed by atoms with Gasteiger partial charge in [0.1, 0.15) is 12.4 Å². The monoisotopic (exact) mass is 289 g/mol. The Morgan fingerprint density at radius 2 is 2.00 bits per heavy atom. The Labute approximate surface area is 114 Å². The third kappa shape index (κ3) is 3.86. The first-order valence-corrected chi connectivity index (χ1v) is 6.20. The van der Waals surface area contributed by atoms with E-state index in [-0.39, 0.29) is 19.2 Å². The number of carbonyl (C=O) groups excluding carboxylic acids is 1. The van der Waals surface area contributed by atoms with E-state index in [9.17, 15) is 18.0 Å². The summed E-state index contributed by atoms with van der Waals surface area (Å²) in [6.45, 7) is 0.458. The largest absolute Gasteiger partial charge is 0.492 e. The van der Waals surface area contributed by atoms with Crippen LogP contribution in [-0.4, -0.2) is 36.4 Å². The molecule has 1 aromatic carbocycles. The second-order valence-corrected chi connectivity index (χ2v) is 4.44. The van der Waals surface area contributed by atoms with Crippen molar-refractivity contribution >= 4 is 5.97 Å². The summed E-state index contributed by atoms with van der Waals surface area (Å²) in [5.74, 6) is -1.56. The quantitative estimate of drug-likeness (QED) is 0.854. The maximum atomic E-state index is 12.1. The lowest BCUT2D eigenvalue weighted by atomic mass is 10.2. The third-order valence-electron chi connectivity index (χ3n) is 2.94. The molecule has 0 amide bonds. The summed E-state index contributed by atoms with van der Waals surface area (Å²) in [6, 6.07) is 8.57. The van der Waals surface area contributed by atoms with E-state index in [0.29, 0.717) is 18.6 Å². The zero-order valence-electron chi connectivity index (χ0n) is 10.6. The number of benzene rings is 1. The first kappa shape index (κ1) is 14.6. The highest BCUT2D eigenvalue weighted by Gasteiger charge is 2.44. The van der Waals surface area contributed by atoms with Gasteiger partial charge in [0, 0.05) is 6.54 Å². The van der Waals surface area contributed by atoms with Crippen molar-refractivity contribution in [1.82, 2.24) is 5.06 Å². The number of rotatable bonds is 4. The number of ether oxygens (including phenoxy) is 1. The van der Waals surface area contributed by atoms with E-state index in [2.05, 4.69) is 4.84 Å². The second-order valence-electron chi connectivity index (χ2n) is 4.44. The molecular formula is C13H14F3NO3. The zero-order chi connectivity index (χ0) is 14.6. The van der Waals surface area contributed by atoms with Crippen molar-refractivity contribution in [3.8, 4) is 5.75 Å². The van der Waals surface area contributed by atoms with Crippen LogP contribution in [0.4, 0.5) is 13.2 Å². The zero-order valence-corrected chi connectivity index (χ0v) is 10.6. The number of alkyl halides is 3. The van der Waals surface area contributed by atoms with Crippen molar-refractivity contribution < 1.29 is 27.5 Å². The highest BCUT2D eigenvalue weighted by atomic mass is 19.4. The Balaban J connectivity index is 1.86. The van der Waals surface area contributed by atoms with Crippen molar-refractivity contribution in [3.05, 3.63) is 30.3 Å². The van der Waals surface area contributed by atoms with E-state index in [4.69, 9.17) is 4.74 Å². The Morgan fingerprint density at radius 3 is 2.65 bits per heavy atom. The van der Waals surface area contributed by atoms with Crippen LogP contribution in [0, 0.1) is 0 Å². The fraction of sp³-hybridized carbons (Fsp3) is 0.462. The molecule has 0 bridgehead atoms. The molecule has 1 aromatic rings. The van der Waals surface area contributed by atoms with Gasteiger partial charge in [-0.2, -0.15) is 13.2 Å². The minimum absolute atomic E-state index is 0.176. The summed E-state index contributed by atoms with van der Waals surface area (Å²) in [5.41, 5.74) is 0. The molecule has 2 rings (SSSR count). The van der Waals surface area contributed by atoms with E-state index in [1.54, 1.807) is 24.3 Å². The van der Waals surface area contributed by atoms with Crippen molar-refractivity contribution in [1.29, 1.82) is 0 Å². The van der Waals surface area contributed by atoms with Crippen LogP contribution in [0.3, 0.4) is 0 Å². The predicted molar refractivity (Wildman–Crippen MR) is 63.8 cm³/mol. The summed E-state index contributed by atoms with van der Waals surface area (Å²) in [5, 5.41) is 1.05. The van der Waals surface area contributed by atoms with Crippen LogP contribution < -0.4 is 4.74 Å². The lowest BCUT2D eigenvalue weighted by Gasteiger charge is -2.23. The highest BCUT2D eigenvalue weighted by Crippen LogP contribution is 2.23. The minimum Gasteiger partial charge on any atom is -0.492 e. The van der Waals surface area contributed by atoms with E-state index in [0.717, 1.165) is 5.06 Å². The maximum Gasteiger partial charge on any atom is 0.492 e. The number of para-hydroxylation sites is 1. The first-order chi connectivity index (χ1) is 9.47. The fourth-order valence-electron chi connectivity index (χ4n) is 1.96. The number of hydroxylamine groups is 2. The van der Waals surface area contributed by atoms with Crippen LogP contribution in [0.2, 0.25) is 0 Å². The van der Waals surface area contributed by atoms with Gasteiger partial charge in [-0.1, -0.05) is 18.2 Å². The molecule has 0 spiro atoms. The van der Waals surface area contributed by atoms with Crippen LogP contribution in [-0.2, 0) is 9.63 Å². The van der Waals surface area contributed by atoms with Crippen molar-refractivity contribution in [2.45, 2.75) is 25.1 Å². The number of hydrogen-bond donors (Lipinski definition) is 0. The van der Waals surface area contributed by atoms with Gasteiger partial charge < -0.3 is 9.57 Å². The molecule has 4 nitrogen and oxygen atoms in total. The molecule has 1 heterocycles. The number of carbonyl (C=O) groups is 1. The standard InChI is InChI=1S/C13H14F3NO3/c14-13(15,16)12(18)20-17-8-4-5-10(17)9-19-11-6-2-1-3-7-11/h1-3,6-7,10H,4-5,8-9H2/t10-/m0/s1. The molecule has 1 saturated heterocycles. The average Bonchev–Trinajstić information content (AvgIpc) is 2.84. The van der Waals surface area contributed by atoms with E-state index in [1.165, 1.54) is 0 Å². The molecular weight excluding hydrogens is 275 g/mol. The lowest BCUT2D eigenvalue weighted by Crippen LogP contribution is -2.40. The SMILES string of the molecule is O=C(ON1CCC[C@H]1COc1ccccc1)C(F)(F)F. The molecule has 110 valence electrons. The van der Waals surface area contributed by atoms with E-state index < -0.39 is 12.1 Å². The van der Waals surface area contributed by atoms with Gasteiger partial charge in [0.2, 0.25) is 0 Å². The van der Waals surface area contributed by atoms with Crippen LogP contribution >= 0.6 is 0 Å². The predicted octanol–water partition coefficient (Wildman–Crippen LogP) is 2.55. The summed E-state index contributed by atoms with van der Waals surface area (Å²) in [6.07, 6.45) is -3.70. The molecule has 0 aliphatic carbocycles. The molecule has 1 aliphatic rings. The molecule has 1 fully saturated rings. The van der Waals surface area contributed by atoms with Crippen molar-refractivity contribution in [3.63, 3.8) is 0 Å². The van der Waals surface area contributed by atoms with Gasteiger partial charge in [-0.15, -0.1) is 5.06 Å². The molecule has 20 heavy (non-hydrogen) atoms. The number of halogens is 3. The highest BCUT2D eigenvalue weighted by molar-refractivity contribution is 5.75. The van der Waals surface area contributed by atoms with Crippen molar-refractivity contribution in [2.24, 2.45) is 0 Å². The first-order valence-electron chi connectivity index (χ1n) is 6.20. The second kappa shape index (κ2) is 6.13. The van der Waals surface area contributed by atoms with Gasteiger partial charge in [0.25, 0.3) is 0 Å². The summed E-state index contributed by atoms with van der Waals surface area (Å²) in [7, 11) is 0. The molecule has 0 unspecified atom stereocenters. The lowest BCUT2D eigenvalue weighted by molar-refractivity contribution is -0.242. The van der Waals surface area contributed by atoms with Gasteiger partial charge in [0.15, 0.2) is 0 Å². The van der Waals surface area contributed by atoms with Crippen LogP contribution in [0.5, 0.6) is 5.75 Å². The number of nitrogens with zero attached hydrogens (tertiary/aromatic N) is 1. The molecule has 0 saturated carbocycles. The van der Waals surface area contributed by atoms with Crippen LogP contribution in [0.25, 0.3) is 0 Å². The van der Waals surface area contributed by atoms with E-state index >= 15 is 0 Å². The Hall–Kier alpha value is -1.76. The van der Waals surface area contributed by atoms with Crippen LogP contribution in [0.15, 0.2) is 30.3 Å². The van der Waals surface area contributed by atoms with Gasteiger partial charge in [-0.3, -0.25) is 0 Å². The number of hydrogen-bond acceptors (Lipinski definition) is 4. The van der Waals surface area contributed by atoms with Gasteiger partial charge in [0.05, 0.1) is 6.04 Å². The molecule has 1 atom stereocenters. The van der Waals surface area contributed by atoms with Gasteiger partial charge in [-0.05, 0) is 25.0 Å². The molecule has 0 N–H and O–H groups in total. The van der Waals surface area contributed by atoms with Crippen molar-refractivity contribution in [2.75, 3.05) is 13.2 Å². The Kier molecular flexibility index (Phi) is 4.49. The maximum absolute atomic E-state index is 12.1. The van der Waals surface area contributed by atoms with E-state index in [1.807, 2.05) is 6.07 Å². The normalized spacial score (nSPS) is 19.9. The molecule has 1 aliphatic heterocycles. The average molecular weight is 289 g/mol. The topological polar surface area (TPSA) is 38.8 Å². The summed E-state index contributed by atoms with van der Waals surface area (Å²) >= 11 is 0. The Bertz CT molecular complexity index is 450. The fourth-order valence-corrected chi connectivity index (χ4v) is 1.96. The molecule has 0 radical (unpaired) electrons.